The van der Waals surface area contributed by atoms with Crippen LogP contribution in [0.5, 0.6) is 0 Å². The van der Waals surface area contributed by atoms with Crippen molar-refractivity contribution in [1.82, 2.24) is 5.32 Å². The minimum Gasteiger partial charge on any atom is -0.444 e. The minimum atomic E-state index is -0.686. The molecule has 0 bridgehead atoms. The van der Waals surface area contributed by atoms with Crippen molar-refractivity contribution in [3.8, 4) is 0 Å². The van der Waals surface area contributed by atoms with E-state index in [2.05, 4.69) is 16.0 Å². The maximum atomic E-state index is 13.9. The zero-order chi connectivity index (χ0) is 17.9. The van der Waals surface area contributed by atoms with E-state index in [4.69, 9.17) is 4.74 Å². The van der Waals surface area contributed by atoms with Gasteiger partial charge in [-0.15, -0.1) is 0 Å². The van der Waals surface area contributed by atoms with Crippen molar-refractivity contribution in [2.24, 2.45) is 0 Å². The highest BCUT2D eigenvalue weighted by molar-refractivity contribution is 5.99. The van der Waals surface area contributed by atoms with Gasteiger partial charge in [0.2, 0.25) is 11.8 Å². The van der Waals surface area contributed by atoms with Crippen molar-refractivity contribution < 1.29 is 23.5 Å². The zero-order valence-electron chi connectivity index (χ0n) is 13.7. The molecule has 1 saturated heterocycles. The van der Waals surface area contributed by atoms with E-state index in [1.807, 2.05) is 0 Å². The molecule has 7 nitrogen and oxygen atoms in total. The fraction of sp³-hybridized carbons (Fsp3) is 0.438. The molecule has 130 valence electrons. The second-order valence-corrected chi connectivity index (χ2v) is 6.47. The van der Waals surface area contributed by atoms with Crippen LogP contribution in [0.3, 0.4) is 0 Å². The van der Waals surface area contributed by atoms with Crippen molar-refractivity contribution >= 4 is 29.3 Å². The lowest BCUT2D eigenvalue weighted by molar-refractivity contribution is -0.122. The number of halogens is 1. The molecule has 3 N–H and O–H groups in total. The first kappa shape index (κ1) is 17.7. The van der Waals surface area contributed by atoms with E-state index in [9.17, 15) is 18.8 Å². The molecule has 1 heterocycles. The Hall–Kier alpha value is -2.64. The summed E-state index contributed by atoms with van der Waals surface area (Å²) < 4.78 is 19.0. The Kier molecular flexibility index (Phi) is 5.06. The lowest BCUT2D eigenvalue weighted by atomic mass is 10.2. The van der Waals surface area contributed by atoms with Crippen LogP contribution >= 0.6 is 0 Å². The van der Waals surface area contributed by atoms with Crippen LogP contribution in [0.15, 0.2) is 18.2 Å². The van der Waals surface area contributed by atoms with Gasteiger partial charge >= 0.3 is 6.09 Å². The fourth-order valence-corrected chi connectivity index (χ4v) is 2.15. The molecular weight excluding hydrogens is 317 g/mol. The third-order valence-corrected chi connectivity index (χ3v) is 3.18. The summed E-state index contributed by atoms with van der Waals surface area (Å²) in [6.45, 7) is 5.16. The van der Waals surface area contributed by atoms with Gasteiger partial charge in [-0.25, -0.2) is 9.18 Å². The van der Waals surface area contributed by atoms with Crippen LogP contribution in [0.1, 0.15) is 33.6 Å². The van der Waals surface area contributed by atoms with Gasteiger partial charge in [-0.2, -0.15) is 0 Å². The van der Waals surface area contributed by atoms with Gasteiger partial charge in [0.15, 0.2) is 0 Å². The number of benzene rings is 1. The van der Waals surface area contributed by atoms with Crippen LogP contribution in [0.4, 0.5) is 20.6 Å². The summed E-state index contributed by atoms with van der Waals surface area (Å²) in [5.74, 6) is -1.37. The van der Waals surface area contributed by atoms with E-state index in [0.717, 1.165) is 6.07 Å². The number of anilines is 2. The molecule has 8 heteroatoms. The van der Waals surface area contributed by atoms with Crippen LogP contribution in [-0.2, 0) is 14.3 Å². The van der Waals surface area contributed by atoms with Gasteiger partial charge in [-0.1, -0.05) is 0 Å². The van der Waals surface area contributed by atoms with Gasteiger partial charge in [0.05, 0.1) is 5.69 Å². The van der Waals surface area contributed by atoms with Crippen molar-refractivity contribution in [2.75, 3.05) is 10.6 Å². The first-order chi connectivity index (χ1) is 11.1. The van der Waals surface area contributed by atoms with Crippen LogP contribution < -0.4 is 16.0 Å². The molecule has 0 aliphatic carbocycles. The van der Waals surface area contributed by atoms with Gasteiger partial charge in [0, 0.05) is 12.1 Å². The number of hydrogen-bond acceptors (Lipinski definition) is 4. The van der Waals surface area contributed by atoms with Crippen molar-refractivity contribution in [3.63, 3.8) is 0 Å². The Bertz CT molecular complexity index is 670. The molecule has 1 aliphatic heterocycles. The molecule has 1 unspecified atom stereocenters. The molecule has 1 fully saturated rings. The number of carbonyl (C=O) groups is 3. The van der Waals surface area contributed by atoms with Gasteiger partial charge in [0.1, 0.15) is 17.5 Å². The molecule has 1 aromatic rings. The third kappa shape index (κ3) is 4.94. The Morgan fingerprint density at radius 2 is 2.00 bits per heavy atom. The third-order valence-electron chi connectivity index (χ3n) is 3.18. The summed E-state index contributed by atoms with van der Waals surface area (Å²) in [4.78, 5) is 34.9. The summed E-state index contributed by atoms with van der Waals surface area (Å²) in [5, 5.41) is 7.38. The molecule has 0 spiro atoms. The molecule has 24 heavy (non-hydrogen) atoms. The average Bonchev–Trinajstić information content (AvgIpc) is 2.87. The van der Waals surface area contributed by atoms with E-state index in [0.29, 0.717) is 6.42 Å². The first-order valence-corrected chi connectivity index (χ1v) is 7.54. The molecule has 3 amide bonds. The number of amides is 3. The van der Waals surface area contributed by atoms with Crippen molar-refractivity contribution in [1.29, 1.82) is 0 Å². The molecule has 1 aromatic carbocycles. The quantitative estimate of drug-likeness (QED) is 0.789. The summed E-state index contributed by atoms with van der Waals surface area (Å²) in [6, 6.07) is 3.08. The van der Waals surface area contributed by atoms with Crippen LogP contribution in [0.2, 0.25) is 0 Å². The van der Waals surface area contributed by atoms with Crippen LogP contribution in [0.25, 0.3) is 0 Å². The Labute approximate surface area is 138 Å². The topological polar surface area (TPSA) is 96.5 Å². The second-order valence-electron chi connectivity index (χ2n) is 6.47. The van der Waals surface area contributed by atoms with Crippen LogP contribution in [0, 0.1) is 5.82 Å². The van der Waals surface area contributed by atoms with E-state index in [-0.39, 0.29) is 23.7 Å². The zero-order valence-corrected chi connectivity index (χ0v) is 13.7. The summed E-state index contributed by atoms with van der Waals surface area (Å²) >= 11 is 0. The Morgan fingerprint density at radius 1 is 1.29 bits per heavy atom. The second kappa shape index (κ2) is 6.86. The summed E-state index contributed by atoms with van der Waals surface area (Å²) in [7, 11) is 0. The lowest BCUT2D eigenvalue weighted by Gasteiger charge is -2.20. The van der Waals surface area contributed by atoms with Crippen molar-refractivity contribution in [3.05, 3.63) is 24.0 Å². The summed E-state index contributed by atoms with van der Waals surface area (Å²) in [5.41, 5.74) is -0.479. The predicted molar refractivity (Wildman–Crippen MR) is 86.1 cm³/mol. The van der Waals surface area contributed by atoms with Gasteiger partial charge in [0.25, 0.3) is 0 Å². The molecular formula is C16H20FN3O4. The Morgan fingerprint density at radius 3 is 2.58 bits per heavy atom. The SMILES string of the molecule is CC(C)(C)OC(=O)Nc1ccc(F)c(NC(=O)C2CCC(=O)N2)c1. The maximum Gasteiger partial charge on any atom is 0.412 e. The smallest absolute Gasteiger partial charge is 0.412 e. The highest BCUT2D eigenvalue weighted by Gasteiger charge is 2.27. The summed E-state index contributed by atoms with van der Waals surface area (Å²) in [6.07, 6.45) is -0.0578. The molecule has 1 atom stereocenters. The molecule has 1 aliphatic rings. The largest absolute Gasteiger partial charge is 0.444 e. The molecule has 0 aromatic heterocycles. The first-order valence-electron chi connectivity index (χ1n) is 7.54. The molecule has 0 radical (unpaired) electrons. The predicted octanol–water partition coefficient (Wildman–Crippen LogP) is 2.39. The Balaban J connectivity index is 2.04. The number of nitrogens with one attached hydrogen (secondary N) is 3. The number of rotatable bonds is 3. The number of ether oxygens (including phenoxy) is 1. The maximum absolute atomic E-state index is 13.9. The highest BCUT2D eigenvalue weighted by atomic mass is 19.1. The fourth-order valence-electron chi connectivity index (χ4n) is 2.15. The van der Waals surface area contributed by atoms with E-state index in [1.165, 1.54) is 12.1 Å². The van der Waals surface area contributed by atoms with Gasteiger partial charge in [-0.3, -0.25) is 14.9 Å². The lowest BCUT2D eigenvalue weighted by Crippen LogP contribution is -2.37. The number of hydrogen-bond donors (Lipinski definition) is 3. The normalized spacial score (nSPS) is 17.2. The molecule has 2 rings (SSSR count). The monoisotopic (exact) mass is 337 g/mol. The average molecular weight is 337 g/mol. The highest BCUT2D eigenvalue weighted by Crippen LogP contribution is 2.21. The van der Waals surface area contributed by atoms with Gasteiger partial charge in [-0.05, 0) is 45.4 Å². The van der Waals surface area contributed by atoms with Gasteiger partial charge < -0.3 is 15.4 Å². The minimum absolute atomic E-state index is 0.0882. The van der Waals surface area contributed by atoms with E-state index >= 15 is 0 Å². The van der Waals surface area contributed by atoms with Crippen LogP contribution in [-0.4, -0.2) is 29.6 Å². The molecule has 0 saturated carbocycles. The van der Waals surface area contributed by atoms with E-state index < -0.39 is 29.5 Å². The van der Waals surface area contributed by atoms with Crippen molar-refractivity contribution in [2.45, 2.75) is 45.3 Å². The number of carbonyl (C=O) groups excluding carboxylic acids is 3. The standard InChI is InChI=1S/C16H20FN3O4/c1-16(2,3)24-15(23)18-9-4-5-10(17)12(8-9)20-14(22)11-6-7-13(21)19-11/h4-5,8,11H,6-7H2,1-3H3,(H,18,23)(H,19,21)(H,20,22). The van der Waals surface area contributed by atoms with E-state index in [1.54, 1.807) is 20.8 Å².